The summed E-state index contributed by atoms with van der Waals surface area (Å²) in [6, 6.07) is 2.32. The minimum atomic E-state index is -1.21. The minimum Gasteiger partial charge on any atom is -0.500 e. The highest BCUT2D eigenvalue weighted by Gasteiger charge is 2.27. The summed E-state index contributed by atoms with van der Waals surface area (Å²) >= 11 is 3.02. The number of carbonyl (C=O) groups excluding carboxylic acids is 12. The third-order valence-electron chi connectivity index (χ3n) is 17.5. The number of hydrogen-bond acceptors (Lipinski definition) is 24. The van der Waals surface area contributed by atoms with Gasteiger partial charge in [0.25, 0.3) is 0 Å². The molecule has 34 nitrogen and oxygen atoms in total. The molecule has 0 aliphatic carbocycles. The number of aliphatic hydroxyl groups excluding tert-OH is 1. The van der Waals surface area contributed by atoms with Crippen LogP contribution in [0.4, 0.5) is 5.69 Å². The lowest BCUT2D eigenvalue weighted by Gasteiger charge is -2.22. The Kier molecular flexibility index (Phi) is 50.4. The van der Waals surface area contributed by atoms with Crippen LogP contribution >= 0.6 is 23.5 Å². The van der Waals surface area contributed by atoms with Crippen molar-refractivity contribution in [3.8, 4) is 0 Å². The monoisotopic (exact) mass is 1670 g/mol. The van der Waals surface area contributed by atoms with E-state index in [1.807, 2.05) is 107 Å². The van der Waals surface area contributed by atoms with Crippen molar-refractivity contribution < 1.29 is 76.3 Å². The molecule has 6 aliphatic heterocycles. The molecule has 37 heteroatoms. The number of rotatable bonds is 6. The summed E-state index contributed by atoms with van der Waals surface area (Å²) in [5.41, 5.74) is 35.4. The zero-order chi connectivity index (χ0) is 86.3. The predicted molar refractivity (Wildman–Crippen MR) is 450 cm³/mol. The highest BCUT2D eigenvalue weighted by atomic mass is 32.2. The highest BCUT2D eigenvalue weighted by Crippen LogP contribution is 2.28. The van der Waals surface area contributed by atoms with Crippen molar-refractivity contribution >= 4 is 111 Å². The maximum Gasteiger partial charge on any atom is 0.248 e. The Hall–Kier alpha value is -8.63. The van der Waals surface area contributed by atoms with Gasteiger partial charge in [-0.2, -0.15) is 0 Å². The quantitative estimate of drug-likeness (QED) is 0.168. The number of β-amino-alcohol motifs (C(OH)–C–C–N with tert-alkyl or cyclic N) is 1. The first kappa shape index (κ1) is 102. The van der Waals surface area contributed by atoms with Gasteiger partial charge in [0.2, 0.25) is 70.9 Å². The van der Waals surface area contributed by atoms with Crippen LogP contribution in [-0.2, 0) is 77.8 Å². The Bertz CT molecular complexity index is 3460. The van der Waals surface area contributed by atoms with Crippen LogP contribution in [0.2, 0.25) is 0 Å². The number of para-hydroxylation sites is 1. The number of nitrogens with one attached hydrogen (secondary N) is 12. The second-order valence-corrected chi connectivity index (χ2v) is 33.3. The third-order valence-corrected chi connectivity index (χ3v) is 21.0. The lowest BCUT2D eigenvalue weighted by molar-refractivity contribution is -0.124. The van der Waals surface area contributed by atoms with Crippen molar-refractivity contribution in [1.82, 2.24) is 58.5 Å². The molecule has 0 aromatic heterocycles. The molecule has 1 unspecified atom stereocenters. The summed E-state index contributed by atoms with van der Waals surface area (Å²) in [5.74, 6) is 0.399. The predicted octanol–water partition coefficient (Wildman–Crippen LogP) is -0.677. The van der Waals surface area contributed by atoms with E-state index < -0.39 is 53.2 Å². The van der Waals surface area contributed by atoms with Crippen LogP contribution in [0.5, 0.6) is 0 Å². The topological polar surface area (TPSA) is 561 Å². The normalized spacial score (nSPS) is 29.1. The first-order valence-electron chi connectivity index (χ1n) is 38.6. The van der Waals surface area contributed by atoms with Gasteiger partial charge in [0, 0.05) is 119 Å². The number of benzene rings is 1. The Morgan fingerprint density at radius 2 is 0.835 bits per heavy atom. The summed E-state index contributed by atoms with van der Waals surface area (Å²) in [6.07, 6.45) is 22.6. The summed E-state index contributed by atoms with van der Waals surface area (Å²) in [5, 5.41) is 42.7. The van der Waals surface area contributed by atoms with E-state index in [2.05, 4.69) is 63.8 Å². The van der Waals surface area contributed by atoms with Crippen molar-refractivity contribution in [2.45, 2.75) is 192 Å². The summed E-state index contributed by atoms with van der Waals surface area (Å²) in [4.78, 5) is 142. The van der Waals surface area contributed by atoms with Gasteiger partial charge in [-0.15, -0.1) is 23.5 Å². The van der Waals surface area contributed by atoms with E-state index in [-0.39, 0.29) is 162 Å². The van der Waals surface area contributed by atoms with Crippen molar-refractivity contribution in [1.29, 1.82) is 0 Å². The minimum absolute atomic E-state index is 0.107. The smallest absolute Gasteiger partial charge is 0.248 e. The molecular formula is C78H128N18O16S3. The molecule has 6 aliphatic rings. The first-order chi connectivity index (χ1) is 54.3. The zero-order valence-corrected chi connectivity index (χ0v) is 70.7. The van der Waals surface area contributed by atoms with Gasteiger partial charge in [-0.05, 0) is 85.2 Å². The Balaban J connectivity index is 0.000000469. The molecule has 6 heterocycles. The van der Waals surface area contributed by atoms with Crippen LogP contribution < -0.4 is 98.2 Å². The van der Waals surface area contributed by atoms with E-state index in [0.29, 0.717) is 69.4 Å². The Morgan fingerprint density at radius 1 is 0.435 bits per heavy atom. The van der Waals surface area contributed by atoms with Crippen molar-refractivity contribution in [3.05, 3.63) is 110 Å². The SMILES string of the molecule is CC(C)[C@H]1/C=C/C(=O)NCCO/C=C/[C@H](N)C(=O)N1.CC(C)[C@H]1/C=C/C(=O)NCCS(=O)C[C@H](N)C(=O)N1.CC(C)[C@H]1/C=C/C(=O)NCOCC[C@H](N)C(=O)N1.CC(C)[C@H]1/C=C/C(=O)NCSCC[C@H](N)C(=O)N1.CC(C)[C@H]1/C=C/C(=O)NC[C@H](O)CC[C@H](N)C(=O)N1.CC(C)[C@H]1/C=C/C(=O)Nc2ccccc2SC[C@H](N)C(=O)N1. The number of anilines is 1. The van der Waals surface area contributed by atoms with E-state index in [0.717, 1.165) is 16.3 Å². The van der Waals surface area contributed by atoms with Crippen molar-refractivity contribution in [3.63, 3.8) is 0 Å². The fourth-order valence-electron chi connectivity index (χ4n) is 9.88. The average Bonchev–Trinajstić information content (AvgIpc) is 1.28. The molecule has 1 aromatic rings. The molecule has 0 saturated carbocycles. The number of thioether (sulfide) groups is 2. The molecule has 644 valence electrons. The number of hydrogen-bond donors (Lipinski definition) is 19. The fourth-order valence-corrected chi connectivity index (χ4v) is 12.7. The molecule has 0 saturated heterocycles. The van der Waals surface area contributed by atoms with Gasteiger partial charge < -0.3 is 113 Å². The van der Waals surface area contributed by atoms with Crippen molar-refractivity contribution in [2.24, 2.45) is 69.9 Å². The largest absolute Gasteiger partial charge is 0.500 e. The average molecular weight is 1670 g/mol. The van der Waals surface area contributed by atoms with Gasteiger partial charge in [0.15, 0.2) is 0 Å². The number of aliphatic hydroxyl groups is 1. The molecule has 0 fully saturated rings. The van der Waals surface area contributed by atoms with Crippen LogP contribution in [0, 0.1) is 35.5 Å². The summed E-state index contributed by atoms with van der Waals surface area (Å²) < 4.78 is 21.9. The van der Waals surface area contributed by atoms with E-state index in [9.17, 15) is 66.8 Å². The van der Waals surface area contributed by atoms with Gasteiger partial charge >= 0.3 is 0 Å². The Morgan fingerprint density at radius 3 is 1.32 bits per heavy atom. The molecule has 25 N–H and O–H groups in total. The lowest BCUT2D eigenvalue weighted by Crippen LogP contribution is -2.49. The standard InChI is InChI=1S/C16H21N3O2S.C13H21N3O3.C13H23N3O3.C12H21N3O3S.C12H21N3O3.C12H21N3O2S/c1-10(2)12-7-8-15(20)18-13-5-3-4-6-14(13)22-9-11(17)16(21)19-12;1-9(2)11-3-4-12(17)15-6-8-19-7-5-10(14)13(18)16-11;1-8(2)11-5-6-12(18)15-7-9(17)3-4-10(14)13(19)16-11;1-8(2)10-3-4-11(16)14-5-6-19(18)7-9(13)12(17)15-10;2*1-8(2)10-3-4-11(16)14-7-18-6-5-9(13)12(17)15-10/h3-8,10-12H,9,17H2,1-2H3,(H,18,20)(H,19,21);3-5,7,9-11H,6,8,14H2,1-2H3,(H,15,17)(H,16,18);5-6,8-11,17H,3-4,7,14H2,1-2H3,(H,15,18)(H,16,19);3-4,8-10H,5-7,13H2,1-2H3,(H,14,16)(H,15,17);2*3-4,8-10H,5-7,13H2,1-2H3,(H,14,16)(H,15,17)/b8-7+;4-3+,7-5+;6-5+;3*4-3+/t11-,12+;10-,11+;9-,10+,11-;9-,10+,19?;2*9-,10+/m001000/s1. The molecule has 1 aromatic carbocycles. The van der Waals surface area contributed by atoms with E-state index >= 15 is 0 Å². The van der Waals surface area contributed by atoms with Crippen LogP contribution in [0.15, 0.2) is 114 Å². The van der Waals surface area contributed by atoms with Gasteiger partial charge in [-0.1, -0.05) is 132 Å². The lowest BCUT2D eigenvalue weighted by atomic mass is 10.0. The molecule has 0 spiro atoms. The summed E-state index contributed by atoms with van der Waals surface area (Å²) in [7, 11) is -1.21. The Labute approximate surface area is 687 Å². The maximum atomic E-state index is 12.2. The second-order valence-electron chi connectivity index (χ2n) is 29.5. The highest BCUT2D eigenvalue weighted by molar-refractivity contribution is 7.99. The van der Waals surface area contributed by atoms with Gasteiger partial charge in [-0.25, -0.2) is 0 Å². The van der Waals surface area contributed by atoms with Gasteiger partial charge in [0.1, 0.15) is 19.4 Å². The van der Waals surface area contributed by atoms with Crippen LogP contribution in [0.3, 0.4) is 0 Å². The van der Waals surface area contributed by atoms with Crippen LogP contribution in [0.25, 0.3) is 0 Å². The van der Waals surface area contributed by atoms with Crippen LogP contribution in [0.1, 0.15) is 109 Å². The van der Waals surface area contributed by atoms with E-state index in [1.165, 1.54) is 60.6 Å². The number of carbonyl (C=O) groups is 12. The zero-order valence-electron chi connectivity index (χ0n) is 68.2. The second kappa shape index (κ2) is 56.6. The van der Waals surface area contributed by atoms with Gasteiger partial charge in [0.05, 0.1) is 67.3 Å². The van der Waals surface area contributed by atoms with E-state index in [1.54, 1.807) is 48.2 Å². The first-order valence-corrected chi connectivity index (χ1v) is 42.2. The van der Waals surface area contributed by atoms with Crippen molar-refractivity contribution in [2.75, 3.05) is 73.8 Å². The maximum absolute atomic E-state index is 12.2. The van der Waals surface area contributed by atoms with E-state index in [4.69, 9.17) is 43.9 Å². The number of amides is 12. The summed E-state index contributed by atoms with van der Waals surface area (Å²) in [6.45, 7) is 25.2. The molecule has 7 rings (SSSR count). The van der Waals surface area contributed by atoms with Crippen LogP contribution in [-0.4, -0.2) is 227 Å². The molecule has 0 radical (unpaired) electrons. The number of ether oxygens (including phenoxy) is 2. The molecule has 14 atom stereocenters. The van der Waals surface area contributed by atoms with Gasteiger partial charge in [-0.3, -0.25) is 61.7 Å². The third kappa shape index (κ3) is 44.9. The molecule has 12 amide bonds. The fraction of sp³-hybridized carbons (Fsp3) is 0.590. The molecule has 0 bridgehead atoms. The number of nitrogens with two attached hydrogens (primary N) is 6. The molecular weight excluding hydrogens is 1540 g/mol. The number of fused-ring (bicyclic) bond motifs is 1. The molecule has 115 heavy (non-hydrogen) atoms.